The van der Waals surface area contributed by atoms with E-state index in [1.807, 2.05) is 32.9 Å². The Balaban J connectivity index is 1.71. The number of sulfonamides is 2. The molecular formula is C24H24N2O4S2. The third-order valence-corrected chi connectivity index (χ3v) is 8.50. The second-order valence-corrected chi connectivity index (χ2v) is 11.5. The van der Waals surface area contributed by atoms with Gasteiger partial charge in [0.1, 0.15) is 0 Å². The predicted molar refractivity (Wildman–Crippen MR) is 126 cm³/mol. The van der Waals surface area contributed by atoms with Crippen molar-refractivity contribution >= 4 is 31.3 Å². The number of anilines is 1. The molecule has 0 radical (unpaired) electrons. The molecule has 0 saturated heterocycles. The van der Waals surface area contributed by atoms with Gasteiger partial charge in [-0.05, 0) is 62.7 Å². The Morgan fingerprint density at radius 1 is 0.750 bits per heavy atom. The minimum atomic E-state index is -3.81. The lowest BCUT2D eigenvalue weighted by Gasteiger charge is -2.19. The molecule has 1 aliphatic heterocycles. The van der Waals surface area contributed by atoms with E-state index < -0.39 is 20.0 Å². The summed E-state index contributed by atoms with van der Waals surface area (Å²) in [4.78, 5) is 0.336. The van der Waals surface area contributed by atoms with Gasteiger partial charge in [-0.15, -0.1) is 0 Å². The average Bonchev–Trinajstić information content (AvgIpc) is 3.11. The lowest BCUT2D eigenvalue weighted by molar-refractivity contribution is 0.590. The van der Waals surface area contributed by atoms with Gasteiger partial charge in [-0.3, -0.25) is 9.03 Å². The van der Waals surface area contributed by atoms with Gasteiger partial charge in [0.25, 0.3) is 20.0 Å². The van der Waals surface area contributed by atoms with Crippen LogP contribution in [0.2, 0.25) is 0 Å². The van der Waals surface area contributed by atoms with Crippen LogP contribution in [0.3, 0.4) is 0 Å². The molecule has 0 aliphatic carbocycles. The lowest BCUT2D eigenvalue weighted by Crippen LogP contribution is -2.29. The minimum Gasteiger partial charge on any atom is -0.286 e. The highest BCUT2D eigenvalue weighted by atomic mass is 32.2. The van der Waals surface area contributed by atoms with Gasteiger partial charge in [0.05, 0.1) is 22.0 Å². The van der Waals surface area contributed by atoms with Crippen LogP contribution in [0.1, 0.15) is 22.3 Å². The van der Waals surface area contributed by atoms with Crippen LogP contribution in [-0.2, 0) is 20.0 Å². The van der Waals surface area contributed by atoms with E-state index in [2.05, 4.69) is 4.72 Å². The number of rotatable bonds is 5. The summed E-state index contributed by atoms with van der Waals surface area (Å²) in [5.74, 6) is 0. The summed E-state index contributed by atoms with van der Waals surface area (Å²) in [5.41, 5.74) is 4.66. The first kappa shape index (κ1) is 22.1. The van der Waals surface area contributed by atoms with Crippen LogP contribution < -0.4 is 9.03 Å². The molecule has 3 aromatic rings. The summed E-state index contributed by atoms with van der Waals surface area (Å²) in [6, 6.07) is 18.7. The number of hydrogen-bond acceptors (Lipinski definition) is 4. The predicted octanol–water partition coefficient (Wildman–Crippen LogP) is 4.14. The van der Waals surface area contributed by atoms with Crippen molar-refractivity contribution in [2.45, 2.75) is 30.6 Å². The van der Waals surface area contributed by atoms with Gasteiger partial charge < -0.3 is 0 Å². The molecule has 1 heterocycles. The fourth-order valence-electron chi connectivity index (χ4n) is 3.56. The molecule has 0 bridgehead atoms. The van der Waals surface area contributed by atoms with E-state index in [4.69, 9.17) is 0 Å². The molecule has 4 rings (SSSR count). The first-order valence-electron chi connectivity index (χ1n) is 10.1. The van der Waals surface area contributed by atoms with E-state index in [1.165, 1.54) is 22.6 Å². The zero-order valence-corrected chi connectivity index (χ0v) is 19.7. The zero-order valence-electron chi connectivity index (χ0n) is 18.0. The van der Waals surface area contributed by atoms with Crippen molar-refractivity contribution in [2.75, 3.05) is 10.8 Å². The molecule has 0 atom stereocenters. The second kappa shape index (κ2) is 8.11. The molecule has 8 heteroatoms. The number of fused-ring (bicyclic) bond motifs is 1. The van der Waals surface area contributed by atoms with Gasteiger partial charge >= 0.3 is 0 Å². The quantitative estimate of drug-likeness (QED) is 0.610. The molecule has 3 aromatic carbocycles. The van der Waals surface area contributed by atoms with E-state index in [-0.39, 0.29) is 16.3 Å². The normalized spacial score (nSPS) is 15.1. The molecule has 0 saturated carbocycles. The van der Waals surface area contributed by atoms with Crippen molar-refractivity contribution in [3.63, 3.8) is 0 Å². The molecule has 0 aromatic heterocycles. The Labute approximate surface area is 189 Å². The Morgan fingerprint density at radius 2 is 1.28 bits per heavy atom. The van der Waals surface area contributed by atoms with Crippen molar-refractivity contribution in [1.29, 1.82) is 0 Å². The molecule has 32 heavy (non-hydrogen) atoms. The maximum absolute atomic E-state index is 13.4. The average molecular weight is 469 g/mol. The van der Waals surface area contributed by atoms with Crippen LogP contribution in [0.5, 0.6) is 0 Å². The number of nitrogens with zero attached hydrogens (tertiary/aromatic N) is 1. The Bertz CT molecular complexity index is 1410. The number of benzene rings is 3. The highest BCUT2D eigenvalue weighted by Crippen LogP contribution is 2.39. The third-order valence-electron chi connectivity index (χ3n) is 5.41. The van der Waals surface area contributed by atoms with Crippen LogP contribution in [-0.4, -0.2) is 23.4 Å². The second-order valence-electron chi connectivity index (χ2n) is 7.95. The third kappa shape index (κ3) is 4.16. The van der Waals surface area contributed by atoms with Crippen molar-refractivity contribution < 1.29 is 16.8 Å². The molecule has 0 unspecified atom stereocenters. The first-order chi connectivity index (χ1) is 15.1. The lowest BCUT2D eigenvalue weighted by atomic mass is 10.1. The van der Waals surface area contributed by atoms with Gasteiger partial charge in [-0.1, -0.05) is 47.0 Å². The molecule has 0 spiro atoms. The monoisotopic (exact) mass is 468 g/mol. The van der Waals surface area contributed by atoms with Gasteiger partial charge in [0.15, 0.2) is 0 Å². The van der Waals surface area contributed by atoms with Gasteiger partial charge in [0, 0.05) is 11.8 Å². The van der Waals surface area contributed by atoms with Gasteiger partial charge in [0.2, 0.25) is 0 Å². The van der Waals surface area contributed by atoms with Crippen LogP contribution in [0.25, 0.3) is 5.57 Å². The first-order valence-corrected chi connectivity index (χ1v) is 13.0. The molecule has 0 amide bonds. The summed E-state index contributed by atoms with van der Waals surface area (Å²) >= 11 is 0. The molecular weight excluding hydrogens is 444 g/mol. The number of nitrogens with one attached hydrogen (secondary N) is 1. The fourth-order valence-corrected chi connectivity index (χ4v) is 5.95. The van der Waals surface area contributed by atoms with Crippen molar-refractivity contribution in [1.82, 2.24) is 4.72 Å². The highest BCUT2D eigenvalue weighted by Gasteiger charge is 2.33. The highest BCUT2D eigenvalue weighted by molar-refractivity contribution is 7.93. The standard InChI is InChI=1S/C24H24N2O4S2/c1-17-4-9-21(10-5-17)31(27,28)25-15-20-16-26(24-13-8-19(3)14-23(20)24)32(29,30)22-11-6-18(2)7-12-22/h4-15,25H,16H2,1-3H3/b20-15+. The van der Waals surface area contributed by atoms with E-state index in [1.54, 1.807) is 42.5 Å². The Hall–Kier alpha value is -3.10. The maximum atomic E-state index is 13.4. The Kier molecular flexibility index (Phi) is 5.60. The molecule has 1 N–H and O–H groups in total. The van der Waals surface area contributed by atoms with Gasteiger partial charge in [-0.2, -0.15) is 0 Å². The van der Waals surface area contributed by atoms with Crippen LogP contribution in [0.15, 0.2) is 82.7 Å². The summed E-state index contributed by atoms with van der Waals surface area (Å²) in [6.45, 7) is 5.72. The van der Waals surface area contributed by atoms with Crippen LogP contribution in [0.4, 0.5) is 5.69 Å². The summed E-state index contributed by atoms with van der Waals surface area (Å²) < 4.78 is 56.0. The molecule has 0 fully saturated rings. The largest absolute Gasteiger partial charge is 0.286 e. The van der Waals surface area contributed by atoms with Crippen LogP contribution in [0, 0.1) is 20.8 Å². The minimum absolute atomic E-state index is 0.0331. The Morgan fingerprint density at radius 3 is 1.88 bits per heavy atom. The van der Waals surface area contributed by atoms with Gasteiger partial charge in [-0.25, -0.2) is 16.8 Å². The fraction of sp³-hybridized carbons (Fsp3) is 0.167. The molecule has 1 aliphatic rings. The molecule has 6 nitrogen and oxygen atoms in total. The zero-order chi connectivity index (χ0) is 23.1. The van der Waals surface area contributed by atoms with Crippen molar-refractivity contribution in [3.05, 3.63) is 95.2 Å². The van der Waals surface area contributed by atoms with E-state index in [9.17, 15) is 16.8 Å². The summed E-state index contributed by atoms with van der Waals surface area (Å²) in [7, 11) is -7.59. The van der Waals surface area contributed by atoms with Crippen molar-refractivity contribution in [2.24, 2.45) is 0 Å². The van der Waals surface area contributed by atoms with Crippen LogP contribution >= 0.6 is 0 Å². The SMILES string of the molecule is Cc1ccc(S(=O)(=O)N/C=C2\CN(S(=O)(=O)c3ccc(C)cc3)c3ccc(C)cc32)cc1. The summed E-state index contributed by atoms with van der Waals surface area (Å²) in [6.07, 6.45) is 1.39. The van der Waals surface area contributed by atoms with E-state index >= 15 is 0 Å². The topological polar surface area (TPSA) is 83.6 Å². The summed E-state index contributed by atoms with van der Waals surface area (Å²) in [5, 5.41) is 0. The number of hydrogen-bond donors (Lipinski definition) is 1. The van der Waals surface area contributed by atoms with Crippen molar-refractivity contribution in [3.8, 4) is 0 Å². The smallest absolute Gasteiger partial charge is 0.264 e. The van der Waals surface area contributed by atoms with E-state index in [0.717, 1.165) is 16.7 Å². The number of aryl methyl sites for hydroxylation is 3. The molecule has 166 valence electrons. The van der Waals surface area contributed by atoms with E-state index in [0.29, 0.717) is 16.8 Å². The maximum Gasteiger partial charge on any atom is 0.264 e.